The number of carbonyl (C=O) groups excluding carboxylic acids is 2. The Hall–Kier alpha value is -2.08. The lowest BCUT2D eigenvalue weighted by Gasteiger charge is -2.35. The van der Waals surface area contributed by atoms with Gasteiger partial charge < -0.3 is 15.4 Å². The van der Waals surface area contributed by atoms with Crippen LogP contribution in [0.5, 0.6) is 5.75 Å². The molecule has 0 bridgehead atoms. The molecule has 0 aromatic heterocycles. The van der Waals surface area contributed by atoms with Crippen molar-refractivity contribution in [2.45, 2.75) is 44.8 Å². The molecule has 1 aromatic carbocycles. The average molecular weight is 331 g/mol. The number of nitrogens with zero attached hydrogens (tertiary/aromatic N) is 2. The van der Waals surface area contributed by atoms with Gasteiger partial charge in [-0.05, 0) is 31.5 Å². The van der Waals surface area contributed by atoms with E-state index in [1.54, 1.807) is 11.0 Å². The summed E-state index contributed by atoms with van der Waals surface area (Å²) in [6.45, 7) is 3.47. The second-order valence-electron chi connectivity index (χ2n) is 6.48. The van der Waals surface area contributed by atoms with E-state index in [0.717, 1.165) is 19.4 Å². The SMILES string of the molecule is CCN(CC(=O)N1C[C@H](C(N)=O)Oc2ccccc21)C1CCCC1. The Morgan fingerprint density at radius 3 is 2.67 bits per heavy atom. The summed E-state index contributed by atoms with van der Waals surface area (Å²) in [6.07, 6.45) is 3.99. The number of carbonyl (C=O) groups is 2. The lowest BCUT2D eigenvalue weighted by Crippen LogP contribution is -2.52. The molecule has 1 aromatic rings. The van der Waals surface area contributed by atoms with Crippen molar-refractivity contribution in [3.05, 3.63) is 24.3 Å². The molecular weight excluding hydrogens is 306 g/mol. The van der Waals surface area contributed by atoms with Gasteiger partial charge in [-0.2, -0.15) is 0 Å². The van der Waals surface area contributed by atoms with Crippen LogP contribution < -0.4 is 15.4 Å². The third kappa shape index (κ3) is 3.38. The van der Waals surface area contributed by atoms with E-state index in [0.29, 0.717) is 24.0 Å². The molecule has 130 valence electrons. The molecule has 3 rings (SSSR count). The van der Waals surface area contributed by atoms with Crippen molar-refractivity contribution in [3.63, 3.8) is 0 Å². The zero-order valence-corrected chi connectivity index (χ0v) is 14.1. The predicted octanol–water partition coefficient (Wildman–Crippen LogP) is 1.53. The maximum Gasteiger partial charge on any atom is 0.260 e. The smallest absolute Gasteiger partial charge is 0.260 e. The van der Waals surface area contributed by atoms with Gasteiger partial charge in [0.2, 0.25) is 5.91 Å². The number of primary amides is 1. The van der Waals surface area contributed by atoms with Crippen molar-refractivity contribution in [2.24, 2.45) is 5.73 Å². The third-order valence-corrected chi connectivity index (χ3v) is 4.98. The zero-order chi connectivity index (χ0) is 17.1. The molecule has 1 fully saturated rings. The van der Waals surface area contributed by atoms with Crippen LogP contribution in [0.4, 0.5) is 5.69 Å². The number of hydrogen-bond acceptors (Lipinski definition) is 4. The van der Waals surface area contributed by atoms with Gasteiger partial charge >= 0.3 is 0 Å². The monoisotopic (exact) mass is 331 g/mol. The highest BCUT2D eigenvalue weighted by atomic mass is 16.5. The van der Waals surface area contributed by atoms with Crippen molar-refractivity contribution in [3.8, 4) is 5.75 Å². The van der Waals surface area contributed by atoms with Crippen LogP contribution >= 0.6 is 0 Å². The Morgan fingerprint density at radius 1 is 1.29 bits per heavy atom. The average Bonchev–Trinajstić information content (AvgIpc) is 3.12. The summed E-state index contributed by atoms with van der Waals surface area (Å²) in [4.78, 5) is 28.4. The summed E-state index contributed by atoms with van der Waals surface area (Å²) < 4.78 is 5.62. The van der Waals surface area contributed by atoms with Gasteiger partial charge in [0.1, 0.15) is 5.75 Å². The minimum atomic E-state index is -0.801. The van der Waals surface area contributed by atoms with E-state index in [9.17, 15) is 9.59 Å². The van der Waals surface area contributed by atoms with Gasteiger partial charge in [0, 0.05) is 6.04 Å². The summed E-state index contributed by atoms with van der Waals surface area (Å²) in [5, 5.41) is 0. The predicted molar refractivity (Wildman–Crippen MR) is 91.9 cm³/mol. The first-order chi connectivity index (χ1) is 11.6. The molecule has 2 N–H and O–H groups in total. The van der Waals surface area contributed by atoms with E-state index in [1.165, 1.54) is 12.8 Å². The van der Waals surface area contributed by atoms with E-state index in [1.807, 2.05) is 18.2 Å². The Bertz CT molecular complexity index is 613. The van der Waals surface area contributed by atoms with Crippen molar-refractivity contribution in [1.29, 1.82) is 0 Å². The Balaban J connectivity index is 1.78. The molecule has 0 radical (unpaired) electrons. The van der Waals surface area contributed by atoms with Crippen LogP contribution in [0, 0.1) is 0 Å². The number of anilines is 1. The highest BCUT2D eigenvalue weighted by molar-refractivity contribution is 5.98. The number of para-hydroxylation sites is 2. The minimum Gasteiger partial charge on any atom is -0.477 e. The molecule has 0 spiro atoms. The maximum absolute atomic E-state index is 12.9. The van der Waals surface area contributed by atoms with Crippen LogP contribution in [0.1, 0.15) is 32.6 Å². The molecule has 24 heavy (non-hydrogen) atoms. The Labute approximate surface area is 142 Å². The van der Waals surface area contributed by atoms with Gasteiger partial charge in [0.05, 0.1) is 18.8 Å². The highest BCUT2D eigenvalue weighted by Gasteiger charge is 2.34. The fraction of sp³-hybridized carbons (Fsp3) is 0.556. The van der Waals surface area contributed by atoms with Gasteiger partial charge in [-0.25, -0.2) is 0 Å². The molecule has 6 nitrogen and oxygen atoms in total. The molecule has 1 saturated carbocycles. The number of fused-ring (bicyclic) bond motifs is 1. The van der Waals surface area contributed by atoms with Gasteiger partial charge in [-0.15, -0.1) is 0 Å². The summed E-state index contributed by atoms with van der Waals surface area (Å²) >= 11 is 0. The first-order valence-corrected chi connectivity index (χ1v) is 8.69. The number of ether oxygens (including phenoxy) is 1. The van der Waals surface area contributed by atoms with Crippen molar-refractivity contribution in [2.75, 3.05) is 24.5 Å². The fourth-order valence-corrected chi connectivity index (χ4v) is 3.65. The van der Waals surface area contributed by atoms with Crippen LogP contribution in [0.3, 0.4) is 0 Å². The Kier molecular flexibility index (Phi) is 5.04. The standard InChI is InChI=1S/C18H25N3O3/c1-2-20(13-7-3-4-8-13)12-17(22)21-11-16(18(19)23)24-15-10-6-5-9-14(15)21/h5-6,9-10,13,16H,2-4,7-8,11-12H2,1H3,(H2,19,23)/t16-/m1/s1. The molecule has 1 heterocycles. The third-order valence-electron chi connectivity index (χ3n) is 4.98. The summed E-state index contributed by atoms with van der Waals surface area (Å²) in [7, 11) is 0. The van der Waals surface area contributed by atoms with Crippen LogP contribution in [0.2, 0.25) is 0 Å². The van der Waals surface area contributed by atoms with Gasteiger partial charge in [0.25, 0.3) is 5.91 Å². The highest BCUT2D eigenvalue weighted by Crippen LogP contribution is 2.33. The lowest BCUT2D eigenvalue weighted by molar-refractivity contribution is -0.125. The summed E-state index contributed by atoms with van der Waals surface area (Å²) in [5.74, 6) is -0.0268. The molecule has 2 amide bonds. The molecule has 1 atom stereocenters. The van der Waals surface area contributed by atoms with Crippen molar-refractivity contribution < 1.29 is 14.3 Å². The van der Waals surface area contributed by atoms with Gasteiger partial charge in [-0.3, -0.25) is 14.5 Å². The second kappa shape index (κ2) is 7.21. The molecule has 6 heteroatoms. The van der Waals surface area contributed by atoms with E-state index in [-0.39, 0.29) is 12.5 Å². The Morgan fingerprint density at radius 2 is 2.00 bits per heavy atom. The van der Waals surface area contributed by atoms with Crippen molar-refractivity contribution in [1.82, 2.24) is 4.90 Å². The first-order valence-electron chi connectivity index (χ1n) is 8.69. The first kappa shape index (κ1) is 16.8. The second-order valence-corrected chi connectivity index (χ2v) is 6.48. The number of nitrogens with two attached hydrogens (primary N) is 1. The summed E-state index contributed by atoms with van der Waals surface area (Å²) in [5.41, 5.74) is 6.11. The minimum absolute atomic E-state index is 0.00856. The number of benzene rings is 1. The van der Waals surface area contributed by atoms with E-state index in [4.69, 9.17) is 10.5 Å². The van der Waals surface area contributed by atoms with Gasteiger partial charge in [0.15, 0.2) is 6.10 Å². The molecule has 2 aliphatic rings. The topological polar surface area (TPSA) is 75.9 Å². The normalized spacial score (nSPS) is 20.8. The zero-order valence-electron chi connectivity index (χ0n) is 14.1. The number of rotatable bonds is 5. The lowest BCUT2D eigenvalue weighted by atomic mass is 10.1. The quantitative estimate of drug-likeness (QED) is 0.888. The molecule has 0 unspecified atom stereocenters. The van der Waals surface area contributed by atoms with Crippen LogP contribution in [-0.4, -0.2) is 48.5 Å². The number of likely N-dealkylation sites (N-methyl/N-ethyl adjacent to an activating group) is 1. The van der Waals surface area contributed by atoms with Crippen molar-refractivity contribution >= 4 is 17.5 Å². The van der Waals surface area contributed by atoms with Crippen LogP contribution in [-0.2, 0) is 9.59 Å². The molecular formula is C18H25N3O3. The van der Waals surface area contributed by atoms with Gasteiger partial charge in [-0.1, -0.05) is 31.9 Å². The molecule has 1 aliphatic carbocycles. The largest absolute Gasteiger partial charge is 0.477 e. The van der Waals surface area contributed by atoms with E-state index < -0.39 is 12.0 Å². The summed E-state index contributed by atoms with van der Waals surface area (Å²) in [6, 6.07) is 7.78. The fourth-order valence-electron chi connectivity index (χ4n) is 3.65. The molecule has 1 aliphatic heterocycles. The van der Waals surface area contributed by atoms with E-state index in [2.05, 4.69) is 11.8 Å². The number of hydrogen-bond donors (Lipinski definition) is 1. The molecule has 0 saturated heterocycles. The number of amides is 2. The van der Waals surface area contributed by atoms with Crippen LogP contribution in [0.25, 0.3) is 0 Å². The maximum atomic E-state index is 12.9. The van der Waals surface area contributed by atoms with Crippen LogP contribution in [0.15, 0.2) is 24.3 Å². The van der Waals surface area contributed by atoms with E-state index >= 15 is 0 Å².